The summed E-state index contributed by atoms with van der Waals surface area (Å²) in [5.74, 6) is 1.49. The number of pyridine rings is 1. The molecule has 1 amide bonds. The van der Waals surface area contributed by atoms with Gasteiger partial charge in [0.05, 0.1) is 24.1 Å². The summed E-state index contributed by atoms with van der Waals surface area (Å²) in [5, 5.41) is 4.30. The third kappa shape index (κ3) is 4.61. The minimum absolute atomic E-state index is 0.0696. The molecule has 7 heteroatoms. The van der Waals surface area contributed by atoms with Gasteiger partial charge in [0, 0.05) is 32.9 Å². The Morgan fingerprint density at radius 1 is 1.38 bits per heavy atom. The van der Waals surface area contributed by atoms with Gasteiger partial charge in [-0.05, 0) is 63.1 Å². The first-order chi connectivity index (χ1) is 14.0. The van der Waals surface area contributed by atoms with Gasteiger partial charge in [0.2, 0.25) is 0 Å². The van der Waals surface area contributed by atoms with E-state index in [2.05, 4.69) is 10.1 Å². The first kappa shape index (κ1) is 19.9. The topological polar surface area (TPSA) is 69.5 Å². The predicted molar refractivity (Wildman–Crippen MR) is 109 cm³/mol. The standard InChI is InChI=1S/C22H30N4O3/c1-17-14-20(25(2)24-17)21(27)26-10-7-22(8-11-26)15-18(6-13-29-22)5-12-28-19-4-3-9-23-16-19/h3-4,9,14,16,18H,5-8,10-13,15H2,1-2H3. The van der Waals surface area contributed by atoms with E-state index in [1.165, 1.54) is 0 Å². The molecule has 4 rings (SSSR count). The van der Waals surface area contributed by atoms with Crippen LogP contribution in [0, 0.1) is 12.8 Å². The zero-order valence-corrected chi connectivity index (χ0v) is 17.3. The lowest BCUT2D eigenvalue weighted by Crippen LogP contribution is -2.51. The van der Waals surface area contributed by atoms with Gasteiger partial charge in [-0.25, -0.2) is 0 Å². The zero-order valence-electron chi connectivity index (χ0n) is 17.3. The first-order valence-corrected chi connectivity index (χ1v) is 10.5. The number of carbonyl (C=O) groups excluding carboxylic acids is 1. The third-order valence-corrected chi connectivity index (χ3v) is 6.21. The summed E-state index contributed by atoms with van der Waals surface area (Å²) in [5.41, 5.74) is 1.45. The second-order valence-corrected chi connectivity index (χ2v) is 8.30. The number of hydrogen-bond acceptors (Lipinski definition) is 5. The number of hydrogen-bond donors (Lipinski definition) is 0. The molecule has 0 bridgehead atoms. The fourth-order valence-corrected chi connectivity index (χ4v) is 4.59. The molecule has 1 spiro atoms. The van der Waals surface area contributed by atoms with E-state index < -0.39 is 0 Å². The summed E-state index contributed by atoms with van der Waals surface area (Å²) in [7, 11) is 1.83. The number of aryl methyl sites for hydroxylation is 2. The highest BCUT2D eigenvalue weighted by atomic mass is 16.5. The number of rotatable bonds is 5. The Hall–Kier alpha value is -2.41. The van der Waals surface area contributed by atoms with Crippen LogP contribution < -0.4 is 4.74 Å². The summed E-state index contributed by atoms with van der Waals surface area (Å²) < 4.78 is 13.8. The van der Waals surface area contributed by atoms with Gasteiger partial charge in [-0.2, -0.15) is 5.10 Å². The number of ether oxygens (including phenoxy) is 2. The molecule has 4 heterocycles. The van der Waals surface area contributed by atoms with Crippen molar-refractivity contribution in [1.82, 2.24) is 19.7 Å². The Bertz CT molecular complexity index is 828. The molecule has 2 aliphatic heterocycles. The molecule has 0 saturated carbocycles. The minimum atomic E-state index is -0.0869. The van der Waals surface area contributed by atoms with Crippen LogP contribution in [-0.4, -0.2) is 57.5 Å². The van der Waals surface area contributed by atoms with E-state index in [1.807, 2.05) is 37.1 Å². The van der Waals surface area contributed by atoms with Crippen LogP contribution in [0.1, 0.15) is 48.3 Å². The maximum Gasteiger partial charge on any atom is 0.272 e. The molecular weight excluding hydrogens is 368 g/mol. The second kappa shape index (κ2) is 8.53. The summed E-state index contributed by atoms with van der Waals surface area (Å²) in [6.07, 6.45) is 8.46. The fourth-order valence-electron chi connectivity index (χ4n) is 4.59. The van der Waals surface area contributed by atoms with Crippen molar-refractivity contribution in [3.8, 4) is 5.75 Å². The van der Waals surface area contributed by atoms with Crippen molar-refractivity contribution in [3.63, 3.8) is 0 Å². The molecule has 2 fully saturated rings. The molecule has 2 aromatic heterocycles. The molecule has 2 aromatic rings. The van der Waals surface area contributed by atoms with E-state index >= 15 is 0 Å². The summed E-state index contributed by atoms with van der Waals surface area (Å²) in [4.78, 5) is 18.9. The highest BCUT2D eigenvalue weighted by Gasteiger charge is 2.41. The average Bonchev–Trinajstić information content (AvgIpc) is 3.07. The Labute approximate surface area is 172 Å². The third-order valence-electron chi connectivity index (χ3n) is 6.21. The monoisotopic (exact) mass is 398 g/mol. The number of nitrogens with zero attached hydrogens (tertiary/aromatic N) is 4. The van der Waals surface area contributed by atoms with E-state index in [1.54, 1.807) is 17.1 Å². The van der Waals surface area contributed by atoms with Crippen molar-refractivity contribution >= 4 is 5.91 Å². The summed E-state index contributed by atoms with van der Waals surface area (Å²) >= 11 is 0. The van der Waals surface area contributed by atoms with Gasteiger partial charge in [0.1, 0.15) is 11.4 Å². The smallest absolute Gasteiger partial charge is 0.272 e. The fraction of sp³-hybridized carbons (Fsp3) is 0.591. The molecule has 2 aliphatic rings. The molecule has 1 atom stereocenters. The van der Waals surface area contributed by atoms with Crippen LogP contribution in [0.3, 0.4) is 0 Å². The van der Waals surface area contributed by atoms with Crippen LogP contribution in [-0.2, 0) is 11.8 Å². The van der Waals surface area contributed by atoms with E-state index in [0.717, 1.165) is 63.2 Å². The van der Waals surface area contributed by atoms with Gasteiger partial charge in [0.25, 0.3) is 5.91 Å². The van der Waals surface area contributed by atoms with Crippen LogP contribution in [0.25, 0.3) is 0 Å². The van der Waals surface area contributed by atoms with Gasteiger partial charge in [-0.1, -0.05) is 0 Å². The van der Waals surface area contributed by atoms with Gasteiger partial charge in [-0.15, -0.1) is 0 Å². The number of amides is 1. The minimum Gasteiger partial charge on any atom is -0.492 e. The molecule has 156 valence electrons. The van der Waals surface area contributed by atoms with Crippen molar-refractivity contribution in [2.45, 2.75) is 44.6 Å². The molecule has 0 radical (unpaired) electrons. The predicted octanol–water partition coefficient (Wildman–Crippen LogP) is 2.99. The average molecular weight is 399 g/mol. The number of likely N-dealkylation sites (tertiary alicyclic amines) is 1. The highest BCUT2D eigenvalue weighted by Crippen LogP contribution is 2.39. The van der Waals surface area contributed by atoms with Crippen molar-refractivity contribution in [1.29, 1.82) is 0 Å². The molecule has 1 unspecified atom stereocenters. The maximum atomic E-state index is 12.8. The number of aromatic nitrogens is 3. The first-order valence-electron chi connectivity index (χ1n) is 10.5. The van der Waals surface area contributed by atoms with Crippen LogP contribution in [0.2, 0.25) is 0 Å². The number of piperidine rings is 1. The molecule has 0 aromatic carbocycles. The van der Waals surface area contributed by atoms with Crippen molar-refractivity contribution in [2.75, 3.05) is 26.3 Å². The largest absolute Gasteiger partial charge is 0.492 e. The van der Waals surface area contributed by atoms with Crippen LogP contribution in [0.5, 0.6) is 5.75 Å². The zero-order chi connectivity index (χ0) is 20.3. The molecule has 7 nitrogen and oxygen atoms in total. The van der Waals surface area contributed by atoms with Crippen LogP contribution >= 0.6 is 0 Å². The van der Waals surface area contributed by atoms with E-state index in [0.29, 0.717) is 18.2 Å². The molecule has 29 heavy (non-hydrogen) atoms. The quantitative estimate of drug-likeness (QED) is 0.774. The van der Waals surface area contributed by atoms with Gasteiger partial charge in [-0.3, -0.25) is 14.5 Å². The molecule has 0 aliphatic carbocycles. The van der Waals surface area contributed by atoms with Crippen molar-refractivity contribution in [2.24, 2.45) is 13.0 Å². The van der Waals surface area contributed by atoms with Crippen LogP contribution in [0.15, 0.2) is 30.6 Å². The van der Waals surface area contributed by atoms with Crippen LogP contribution in [0.4, 0.5) is 0 Å². The van der Waals surface area contributed by atoms with Gasteiger partial charge >= 0.3 is 0 Å². The second-order valence-electron chi connectivity index (χ2n) is 8.30. The lowest BCUT2D eigenvalue weighted by atomic mass is 9.78. The Morgan fingerprint density at radius 2 is 2.21 bits per heavy atom. The van der Waals surface area contributed by atoms with Crippen molar-refractivity contribution in [3.05, 3.63) is 42.0 Å². The molecular formula is C22H30N4O3. The van der Waals surface area contributed by atoms with E-state index in [9.17, 15) is 4.79 Å². The van der Waals surface area contributed by atoms with E-state index in [4.69, 9.17) is 9.47 Å². The Kier molecular flexibility index (Phi) is 5.85. The Morgan fingerprint density at radius 3 is 2.90 bits per heavy atom. The highest BCUT2D eigenvalue weighted by molar-refractivity contribution is 5.92. The molecule has 2 saturated heterocycles. The van der Waals surface area contributed by atoms with E-state index in [-0.39, 0.29) is 11.5 Å². The summed E-state index contributed by atoms with van der Waals surface area (Å²) in [6, 6.07) is 5.69. The van der Waals surface area contributed by atoms with Gasteiger partial charge in [0.15, 0.2) is 0 Å². The maximum absolute atomic E-state index is 12.8. The molecule has 0 N–H and O–H groups in total. The Balaban J connectivity index is 1.28. The lowest BCUT2D eigenvalue weighted by molar-refractivity contribution is -0.125. The normalized spacial score (nSPS) is 21.3. The van der Waals surface area contributed by atoms with Crippen molar-refractivity contribution < 1.29 is 14.3 Å². The number of carbonyl (C=O) groups is 1. The lowest BCUT2D eigenvalue weighted by Gasteiger charge is -2.46. The SMILES string of the molecule is Cc1cc(C(=O)N2CCC3(CC2)CC(CCOc2cccnc2)CCO3)n(C)n1. The van der Waals surface area contributed by atoms with Gasteiger partial charge < -0.3 is 14.4 Å². The summed E-state index contributed by atoms with van der Waals surface area (Å²) in [6.45, 7) is 4.89.